The first-order chi connectivity index (χ1) is 8.77. The highest BCUT2D eigenvalue weighted by molar-refractivity contribution is 5.98. The van der Waals surface area contributed by atoms with Gasteiger partial charge in [0.15, 0.2) is 0 Å². The topological polar surface area (TPSA) is 40.5 Å². The van der Waals surface area contributed by atoms with Crippen LogP contribution < -0.4 is 0 Å². The van der Waals surface area contributed by atoms with Crippen LogP contribution in [0.5, 0.6) is 0 Å². The molecule has 1 aromatic rings. The molecule has 2 aliphatic heterocycles. The average molecular weight is 237 g/mol. The van der Waals surface area contributed by atoms with Crippen LogP contribution in [0.2, 0.25) is 0 Å². The lowest BCUT2D eigenvalue weighted by Crippen LogP contribution is -2.24. The van der Waals surface area contributed by atoms with Crippen LogP contribution in [-0.4, -0.2) is 16.0 Å². The summed E-state index contributed by atoms with van der Waals surface area (Å²) < 4.78 is 0. The Balaban J connectivity index is 2.27. The molecule has 0 aliphatic carbocycles. The lowest BCUT2D eigenvalue weighted by atomic mass is 9.98. The van der Waals surface area contributed by atoms with Crippen molar-refractivity contribution in [3.8, 4) is 0 Å². The molecule has 0 unspecified atom stereocenters. The van der Waals surface area contributed by atoms with Gasteiger partial charge in [-0.15, -0.1) is 0 Å². The van der Waals surface area contributed by atoms with Crippen molar-refractivity contribution in [3.05, 3.63) is 71.6 Å². The van der Waals surface area contributed by atoms with Crippen molar-refractivity contribution in [2.24, 2.45) is 0 Å². The van der Waals surface area contributed by atoms with Crippen molar-refractivity contribution >= 4 is 17.7 Å². The Morgan fingerprint density at radius 3 is 2.78 bits per heavy atom. The quantitative estimate of drug-likeness (QED) is 0.816. The van der Waals surface area contributed by atoms with Crippen molar-refractivity contribution in [1.29, 1.82) is 0 Å². The molecular weight excluding hydrogens is 226 g/mol. The number of carboxylic acid groups (broad SMARTS) is 1. The van der Waals surface area contributed by atoms with Crippen molar-refractivity contribution in [2.45, 2.75) is 0 Å². The zero-order valence-corrected chi connectivity index (χ0v) is 9.58. The predicted molar refractivity (Wildman–Crippen MR) is 70.2 cm³/mol. The Bertz CT molecular complexity index is 636. The second-order valence-electron chi connectivity index (χ2n) is 4.07. The van der Waals surface area contributed by atoms with Crippen LogP contribution in [0.3, 0.4) is 0 Å². The largest absolute Gasteiger partial charge is 0.477 e. The fourth-order valence-corrected chi connectivity index (χ4v) is 2.17. The number of hydrogen-bond acceptors (Lipinski definition) is 2. The molecule has 3 heteroatoms. The first kappa shape index (κ1) is 10.6. The first-order valence-corrected chi connectivity index (χ1v) is 5.66. The molecule has 88 valence electrons. The fourth-order valence-electron chi connectivity index (χ4n) is 2.17. The van der Waals surface area contributed by atoms with Gasteiger partial charge >= 0.3 is 5.97 Å². The van der Waals surface area contributed by atoms with E-state index >= 15 is 0 Å². The zero-order chi connectivity index (χ0) is 12.5. The van der Waals surface area contributed by atoms with Crippen LogP contribution in [0, 0.1) is 0 Å². The second-order valence-corrected chi connectivity index (χ2v) is 4.07. The average Bonchev–Trinajstić information content (AvgIpc) is 2.63. The molecule has 0 saturated carbocycles. The summed E-state index contributed by atoms with van der Waals surface area (Å²) in [6.45, 7) is 0. The van der Waals surface area contributed by atoms with Crippen LogP contribution in [0.4, 0.5) is 0 Å². The summed E-state index contributed by atoms with van der Waals surface area (Å²) in [5, 5.41) is 9.30. The Morgan fingerprint density at radius 2 is 1.94 bits per heavy atom. The molecule has 18 heavy (non-hydrogen) atoms. The summed E-state index contributed by atoms with van der Waals surface area (Å²) in [5.74, 6) is -0.929. The maximum absolute atomic E-state index is 11.3. The summed E-state index contributed by atoms with van der Waals surface area (Å²) in [6.07, 6.45) is 11.0. The molecule has 2 heterocycles. The van der Waals surface area contributed by atoms with Crippen LogP contribution in [0.25, 0.3) is 11.8 Å². The van der Waals surface area contributed by atoms with E-state index in [9.17, 15) is 9.90 Å². The number of nitrogens with zero attached hydrogens (tertiary/aromatic N) is 1. The Kier molecular flexibility index (Phi) is 2.38. The lowest BCUT2D eigenvalue weighted by molar-refractivity contribution is -0.133. The monoisotopic (exact) mass is 237 g/mol. The van der Waals surface area contributed by atoms with Gasteiger partial charge in [-0.25, -0.2) is 4.79 Å². The summed E-state index contributed by atoms with van der Waals surface area (Å²) in [6, 6.07) is 7.79. The van der Waals surface area contributed by atoms with Gasteiger partial charge in [0.25, 0.3) is 0 Å². The molecule has 0 spiro atoms. The van der Waals surface area contributed by atoms with E-state index in [-0.39, 0.29) is 5.70 Å². The second kappa shape index (κ2) is 4.04. The number of carboxylic acids is 1. The highest BCUT2D eigenvalue weighted by atomic mass is 16.4. The fraction of sp³-hybridized carbons (Fsp3) is 0. The number of allylic oxidation sites excluding steroid dienone is 4. The zero-order valence-electron chi connectivity index (χ0n) is 9.58. The molecule has 3 rings (SSSR count). The third-order valence-corrected chi connectivity index (χ3v) is 2.98. The standard InChI is InChI=1S/C15H11NO2/c17-15(18)14-10-11-6-3-4-7-12(11)13-8-2-1-5-9-16(13)14/h1-10H,(H,17,18). The van der Waals surface area contributed by atoms with Gasteiger partial charge < -0.3 is 10.0 Å². The molecule has 0 amide bonds. The molecule has 0 fully saturated rings. The minimum atomic E-state index is -0.929. The number of carbonyl (C=O) groups is 1. The summed E-state index contributed by atoms with van der Waals surface area (Å²) in [4.78, 5) is 13.0. The van der Waals surface area contributed by atoms with Gasteiger partial charge in [-0.2, -0.15) is 0 Å². The molecule has 0 bridgehead atoms. The van der Waals surface area contributed by atoms with E-state index in [1.807, 2.05) is 48.6 Å². The van der Waals surface area contributed by atoms with Crippen molar-refractivity contribution in [2.75, 3.05) is 0 Å². The van der Waals surface area contributed by atoms with E-state index in [1.54, 1.807) is 17.2 Å². The summed E-state index contributed by atoms with van der Waals surface area (Å²) >= 11 is 0. The van der Waals surface area contributed by atoms with Crippen LogP contribution in [0.15, 0.2) is 60.5 Å². The Morgan fingerprint density at radius 1 is 1.11 bits per heavy atom. The molecule has 1 aromatic carbocycles. The SMILES string of the molecule is O=C(O)C1=Cc2ccccc2C2=CC=CC=CN12. The van der Waals surface area contributed by atoms with E-state index in [1.165, 1.54) is 0 Å². The summed E-state index contributed by atoms with van der Waals surface area (Å²) in [7, 11) is 0. The minimum Gasteiger partial charge on any atom is -0.477 e. The molecule has 0 saturated heterocycles. The highest BCUT2D eigenvalue weighted by Crippen LogP contribution is 2.34. The summed E-state index contributed by atoms with van der Waals surface area (Å²) in [5.41, 5.74) is 3.12. The predicted octanol–water partition coefficient (Wildman–Crippen LogP) is 2.85. The van der Waals surface area contributed by atoms with Crippen LogP contribution >= 0.6 is 0 Å². The number of fused-ring (bicyclic) bond motifs is 3. The third-order valence-electron chi connectivity index (χ3n) is 2.98. The molecule has 0 radical (unpaired) electrons. The molecule has 0 atom stereocenters. The van der Waals surface area contributed by atoms with Gasteiger partial charge in [0.2, 0.25) is 0 Å². The maximum atomic E-state index is 11.3. The van der Waals surface area contributed by atoms with E-state index in [0.29, 0.717) is 0 Å². The van der Waals surface area contributed by atoms with E-state index in [2.05, 4.69) is 0 Å². The Hall–Kier alpha value is -2.55. The van der Waals surface area contributed by atoms with Crippen LogP contribution in [-0.2, 0) is 4.79 Å². The molecule has 3 nitrogen and oxygen atoms in total. The van der Waals surface area contributed by atoms with Gasteiger partial charge in [-0.3, -0.25) is 0 Å². The van der Waals surface area contributed by atoms with E-state index in [4.69, 9.17) is 0 Å². The van der Waals surface area contributed by atoms with Gasteiger partial charge in [-0.05, 0) is 23.8 Å². The highest BCUT2D eigenvalue weighted by Gasteiger charge is 2.25. The van der Waals surface area contributed by atoms with Crippen molar-refractivity contribution < 1.29 is 9.90 Å². The van der Waals surface area contributed by atoms with E-state index in [0.717, 1.165) is 16.8 Å². The van der Waals surface area contributed by atoms with E-state index < -0.39 is 5.97 Å². The number of hydrogen-bond donors (Lipinski definition) is 1. The van der Waals surface area contributed by atoms with Gasteiger partial charge in [0.05, 0.1) is 5.70 Å². The molecule has 0 aromatic heterocycles. The van der Waals surface area contributed by atoms with Gasteiger partial charge in [-0.1, -0.05) is 36.4 Å². The van der Waals surface area contributed by atoms with Crippen molar-refractivity contribution in [3.63, 3.8) is 0 Å². The van der Waals surface area contributed by atoms with Crippen LogP contribution in [0.1, 0.15) is 11.1 Å². The van der Waals surface area contributed by atoms with Crippen molar-refractivity contribution in [1.82, 2.24) is 4.90 Å². The number of benzene rings is 1. The smallest absolute Gasteiger partial charge is 0.352 e. The normalized spacial score (nSPS) is 16.3. The maximum Gasteiger partial charge on any atom is 0.352 e. The molecule has 1 N–H and O–H groups in total. The van der Waals surface area contributed by atoms with Gasteiger partial charge in [0.1, 0.15) is 5.70 Å². The molecular formula is C15H11NO2. The number of rotatable bonds is 1. The lowest BCUT2D eigenvalue weighted by Gasteiger charge is -2.28. The Labute approximate surface area is 105 Å². The number of aliphatic carboxylic acids is 1. The van der Waals surface area contributed by atoms with Gasteiger partial charge in [0, 0.05) is 11.8 Å². The first-order valence-electron chi connectivity index (χ1n) is 5.66. The minimum absolute atomic E-state index is 0.264. The molecule has 2 aliphatic rings. The third kappa shape index (κ3) is 1.57.